The fraction of sp³-hybridized carbons (Fsp3) is 0.667. The molecule has 3 nitrogen and oxygen atoms in total. The second kappa shape index (κ2) is 8.66. The van der Waals surface area contributed by atoms with Crippen LogP contribution in [-0.4, -0.2) is 18.0 Å². The predicted molar refractivity (Wildman–Crippen MR) is 102 cm³/mol. The van der Waals surface area contributed by atoms with Gasteiger partial charge in [-0.25, -0.2) is 0 Å². The third-order valence-corrected chi connectivity index (χ3v) is 5.93. The molecule has 24 heavy (non-hydrogen) atoms. The van der Waals surface area contributed by atoms with Crippen LogP contribution in [0.2, 0.25) is 0 Å². The number of carbonyl (C=O) groups excluding carboxylic acids is 1. The van der Waals surface area contributed by atoms with Crippen molar-refractivity contribution < 1.29 is 4.79 Å². The van der Waals surface area contributed by atoms with Crippen LogP contribution in [0.25, 0.3) is 0 Å². The molecule has 1 saturated carbocycles. The predicted octanol–water partition coefficient (Wildman–Crippen LogP) is 4.94. The van der Waals surface area contributed by atoms with Crippen molar-refractivity contribution in [3.05, 3.63) is 29.8 Å². The molecule has 0 aliphatic heterocycles. The van der Waals surface area contributed by atoms with Crippen molar-refractivity contribution in [2.75, 3.05) is 5.32 Å². The molecule has 0 bridgehead atoms. The van der Waals surface area contributed by atoms with Crippen molar-refractivity contribution in [3.63, 3.8) is 0 Å². The van der Waals surface area contributed by atoms with E-state index < -0.39 is 0 Å². The number of amides is 1. The van der Waals surface area contributed by atoms with Gasteiger partial charge in [0.05, 0.1) is 6.04 Å². The number of hydrogen-bond donors (Lipinski definition) is 2. The van der Waals surface area contributed by atoms with Crippen molar-refractivity contribution in [2.45, 2.75) is 78.3 Å². The van der Waals surface area contributed by atoms with E-state index >= 15 is 0 Å². The second-order valence-electron chi connectivity index (χ2n) is 7.65. The molecule has 5 atom stereocenters. The van der Waals surface area contributed by atoms with E-state index in [0.29, 0.717) is 17.9 Å². The Labute approximate surface area is 147 Å². The molecule has 134 valence electrons. The zero-order chi connectivity index (χ0) is 17.7. The van der Waals surface area contributed by atoms with Gasteiger partial charge < -0.3 is 10.6 Å². The van der Waals surface area contributed by atoms with Crippen LogP contribution >= 0.6 is 0 Å². The summed E-state index contributed by atoms with van der Waals surface area (Å²) in [6.07, 6.45) is 4.81. The van der Waals surface area contributed by atoms with Gasteiger partial charge in [0.1, 0.15) is 0 Å². The quantitative estimate of drug-likeness (QED) is 0.775. The first-order chi connectivity index (χ1) is 11.4. The first kappa shape index (κ1) is 19.0. The van der Waals surface area contributed by atoms with E-state index in [1.54, 1.807) is 0 Å². The Morgan fingerprint density at radius 2 is 1.92 bits per heavy atom. The number of carbonyl (C=O) groups is 1. The molecule has 1 aromatic rings. The summed E-state index contributed by atoms with van der Waals surface area (Å²) in [4.78, 5) is 12.7. The van der Waals surface area contributed by atoms with E-state index in [9.17, 15) is 4.79 Å². The van der Waals surface area contributed by atoms with Crippen molar-refractivity contribution >= 4 is 11.6 Å². The Bertz CT molecular complexity index is 542. The molecule has 0 heterocycles. The van der Waals surface area contributed by atoms with E-state index in [0.717, 1.165) is 18.0 Å². The molecule has 3 heteroatoms. The van der Waals surface area contributed by atoms with Gasteiger partial charge in [-0.15, -0.1) is 0 Å². The monoisotopic (exact) mass is 330 g/mol. The Kier molecular flexibility index (Phi) is 6.85. The van der Waals surface area contributed by atoms with Crippen molar-refractivity contribution in [3.8, 4) is 0 Å². The van der Waals surface area contributed by atoms with Crippen molar-refractivity contribution in [1.82, 2.24) is 5.32 Å². The number of benzene rings is 1. The molecule has 1 aliphatic rings. The number of rotatable bonds is 6. The number of hydrogen-bond acceptors (Lipinski definition) is 2. The fourth-order valence-corrected chi connectivity index (χ4v) is 3.72. The molecular weight excluding hydrogens is 296 g/mol. The van der Waals surface area contributed by atoms with Crippen LogP contribution in [0.3, 0.4) is 0 Å². The highest BCUT2D eigenvalue weighted by Crippen LogP contribution is 2.30. The van der Waals surface area contributed by atoms with Gasteiger partial charge in [-0.1, -0.05) is 58.7 Å². The summed E-state index contributed by atoms with van der Waals surface area (Å²) in [5, 5.41) is 6.71. The van der Waals surface area contributed by atoms with Crippen LogP contribution in [-0.2, 0) is 4.79 Å². The lowest BCUT2D eigenvalue weighted by molar-refractivity contribution is -0.118. The summed E-state index contributed by atoms with van der Waals surface area (Å²) in [6.45, 7) is 11.0. The maximum absolute atomic E-state index is 12.7. The normalized spacial score (nSPS) is 26.6. The molecule has 0 unspecified atom stereocenters. The summed E-state index contributed by atoms with van der Waals surface area (Å²) in [7, 11) is 0. The molecule has 0 radical (unpaired) electrons. The van der Waals surface area contributed by atoms with Crippen LogP contribution in [0.4, 0.5) is 5.69 Å². The second-order valence-corrected chi connectivity index (χ2v) is 7.65. The first-order valence-electron chi connectivity index (χ1n) is 9.59. The van der Waals surface area contributed by atoms with Crippen LogP contribution in [0.5, 0.6) is 0 Å². The van der Waals surface area contributed by atoms with Gasteiger partial charge in [-0.2, -0.15) is 0 Å². The van der Waals surface area contributed by atoms with Gasteiger partial charge in [-0.05, 0) is 49.1 Å². The van der Waals surface area contributed by atoms with Gasteiger partial charge in [0.2, 0.25) is 5.91 Å². The molecular formula is C21H34N2O. The van der Waals surface area contributed by atoms with Gasteiger partial charge in [0.15, 0.2) is 0 Å². The fourth-order valence-electron chi connectivity index (χ4n) is 3.72. The lowest BCUT2D eigenvalue weighted by Gasteiger charge is -2.36. The summed E-state index contributed by atoms with van der Waals surface area (Å²) in [5.74, 6) is 1.87. The lowest BCUT2D eigenvalue weighted by Crippen LogP contribution is -2.49. The highest BCUT2D eigenvalue weighted by molar-refractivity contribution is 5.95. The summed E-state index contributed by atoms with van der Waals surface area (Å²) < 4.78 is 0. The summed E-state index contributed by atoms with van der Waals surface area (Å²) >= 11 is 0. The van der Waals surface area contributed by atoms with E-state index in [-0.39, 0.29) is 11.9 Å². The number of anilines is 1. The van der Waals surface area contributed by atoms with E-state index in [2.05, 4.69) is 44.4 Å². The van der Waals surface area contributed by atoms with E-state index in [4.69, 9.17) is 0 Å². The Morgan fingerprint density at radius 1 is 1.21 bits per heavy atom. The van der Waals surface area contributed by atoms with Crippen LogP contribution in [0.15, 0.2) is 24.3 Å². The molecule has 1 fully saturated rings. The molecule has 0 spiro atoms. The molecule has 2 rings (SSSR count). The summed E-state index contributed by atoms with van der Waals surface area (Å²) in [5.41, 5.74) is 2.18. The van der Waals surface area contributed by atoms with E-state index in [1.165, 1.54) is 24.8 Å². The molecule has 2 N–H and O–H groups in total. The van der Waals surface area contributed by atoms with Gasteiger partial charge in [-0.3, -0.25) is 4.79 Å². The van der Waals surface area contributed by atoms with Crippen LogP contribution in [0, 0.1) is 11.8 Å². The van der Waals surface area contributed by atoms with Gasteiger partial charge >= 0.3 is 0 Å². The first-order valence-corrected chi connectivity index (χ1v) is 9.59. The largest absolute Gasteiger partial charge is 0.324 e. The Hall–Kier alpha value is -1.35. The van der Waals surface area contributed by atoms with Crippen molar-refractivity contribution in [2.24, 2.45) is 11.8 Å². The Balaban J connectivity index is 1.99. The van der Waals surface area contributed by atoms with Crippen LogP contribution in [0.1, 0.15) is 71.8 Å². The smallest absolute Gasteiger partial charge is 0.241 e. The Morgan fingerprint density at radius 3 is 2.62 bits per heavy atom. The maximum atomic E-state index is 12.7. The lowest BCUT2D eigenvalue weighted by atomic mass is 9.78. The number of nitrogens with one attached hydrogen (secondary N) is 2. The minimum Gasteiger partial charge on any atom is -0.324 e. The maximum Gasteiger partial charge on any atom is 0.241 e. The highest BCUT2D eigenvalue weighted by Gasteiger charge is 2.29. The van der Waals surface area contributed by atoms with E-state index in [1.807, 2.05) is 25.1 Å². The average Bonchev–Trinajstić information content (AvgIpc) is 2.58. The van der Waals surface area contributed by atoms with Gasteiger partial charge in [0.25, 0.3) is 0 Å². The van der Waals surface area contributed by atoms with Crippen LogP contribution < -0.4 is 10.6 Å². The molecule has 1 aromatic carbocycles. The molecule has 1 aliphatic carbocycles. The third-order valence-electron chi connectivity index (χ3n) is 5.93. The minimum atomic E-state index is -0.173. The standard InChI is InChI=1S/C21H34N2O/c1-6-14(2)18-11-7-8-12-20(18)23-21(24)17(5)22-19-13-9-10-15(3)16(19)4/h7-8,11-12,14-17,19,22H,6,9-10,13H2,1-5H3,(H,23,24)/t14-,15-,16-,17+,19+/m0/s1. The topological polar surface area (TPSA) is 41.1 Å². The summed E-state index contributed by atoms with van der Waals surface area (Å²) in [6, 6.07) is 8.44. The molecule has 1 amide bonds. The molecule has 0 saturated heterocycles. The van der Waals surface area contributed by atoms with Gasteiger partial charge in [0, 0.05) is 11.7 Å². The molecule has 0 aromatic heterocycles. The third kappa shape index (κ3) is 4.60. The number of para-hydroxylation sites is 1. The zero-order valence-corrected chi connectivity index (χ0v) is 15.9. The zero-order valence-electron chi connectivity index (χ0n) is 15.9. The average molecular weight is 331 g/mol. The van der Waals surface area contributed by atoms with Crippen molar-refractivity contribution in [1.29, 1.82) is 0 Å². The highest BCUT2D eigenvalue weighted by atomic mass is 16.2. The minimum absolute atomic E-state index is 0.0659. The SMILES string of the molecule is CC[C@H](C)c1ccccc1NC(=O)[C@@H](C)N[C@@H]1CCC[C@H](C)[C@@H]1C.